The number of nitrogens with one attached hydrogen (secondary N) is 2. The highest BCUT2D eigenvalue weighted by molar-refractivity contribution is 5.98. The number of hydrogen-bond donors (Lipinski definition) is 3. The van der Waals surface area contributed by atoms with E-state index in [-0.39, 0.29) is 42.6 Å². The van der Waals surface area contributed by atoms with Crippen LogP contribution >= 0.6 is 0 Å². The van der Waals surface area contributed by atoms with E-state index < -0.39 is 12.2 Å². The highest BCUT2D eigenvalue weighted by atomic mass is 16.5. The van der Waals surface area contributed by atoms with E-state index in [9.17, 15) is 14.7 Å². The Hall–Kier alpha value is -3.72. The predicted octanol–water partition coefficient (Wildman–Crippen LogP) is 3.50. The average molecular weight is 582 g/mol. The summed E-state index contributed by atoms with van der Waals surface area (Å²) in [5, 5.41) is 17.0. The molecule has 8 nitrogen and oxygen atoms in total. The minimum Gasteiger partial charge on any atom is -0.493 e. The lowest BCUT2D eigenvalue weighted by molar-refractivity contribution is -0.134. The highest BCUT2D eigenvalue weighted by Crippen LogP contribution is 2.33. The van der Waals surface area contributed by atoms with Gasteiger partial charge in [0.1, 0.15) is 11.9 Å². The summed E-state index contributed by atoms with van der Waals surface area (Å²) in [6.45, 7) is 1.22. The van der Waals surface area contributed by atoms with Gasteiger partial charge in [0.25, 0.3) is 5.91 Å². The van der Waals surface area contributed by atoms with Crippen LogP contribution in [0.5, 0.6) is 5.75 Å². The number of aliphatic hydroxyl groups is 1. The van der Waals surface area contributed by atoms with Crippen molar-refractivity contribution in [1.29, 1.82) is 0 Å². The van der Waals surface area contributed by atoms with E-state index in [1.807, 2.05) is 48.5 Å². The summed E-state index contributed by atoms with van der Waals surface area (Å²) in [5.74, 6) is 0.266. The fraction of sp³-hybridized carbons (Fsp3) is 0.429. The van der Waals surface area contributed by atoms with Gasteiger partial charge in [0.2, 0.25) is 5.91 Å². The molecule has 2 saturated heterocycles. The Balaban J connectivity index is 1.18. The van der Waals surface area contributed by atoms with Gasteiger partial charge < -0.3 is 25.2 Å². The molecule has 0 spiro atoms. The van der Waals surface area contributed by atoms with Crippen molar-refractivity contribution in [2.45, 2.75) is 75.0 Å². The molecule has 2 amide bonds. The first-order chi connectivity index (χ1) is 21.0. The second-order valence-electron chi connectivity index (χ2n) is 12.3. The van der Waals surface area contributed by atoms with Gasteiger partial charge in [-0.25, -0.2) is 0 Å². The van der Waals surface area contributed by atoms with Crippen molar-refractivity contribution in [3.8, 4) is 16.9 Å². The van der Waals surface area contributed by atoms with Crippen molar-refractivity contribution >= 4 is 11.8 Å². The monoisotopic (exact) mass is 581 g/mol. The quantitative estimate of drug-likeness (QED) is 0.429. The molecule has 43 heavy (non-hydrogen) atoms. The molecule has 2 fully saturated rings. The zero-order valence-corrected chi connectivity index (χ0v) is 24.3. The third kappa shape index (κ3) is 5.92. The number of amides is 2. The SMILES string of the molecule is O=C1N[C@H]2C[C@@H](C(=O)NC[C@H]3O[C@H](CCOc4cc(-c5ccccc5)ccc41)CC[C@@H]3O)N(C1Cc3ccccc3C1)C2. The molecule has 4 bridgehead atoms. The number of benzene rings is 3. The van der Waals surface area contributed by atoms with Crippen molar-refractivity contribution in [1.82, 2.24) is 15.5 Å². The molecular weight excluding hydrogens is 542 g/mol. The van der Waals surface area contributed by atoms with Crippen LogP contribution in [-0.2, 0) is 22.4 Å². The zero-order chi connectivity index (χ0) is 29.3. The molecule has 3 N–H and O–H groups in total. The number of carbonyl (C=O) groups excluding carboxylic acids is 2. The van der Waals surface area contributed by atoms with E-state index in [1.165, 1.54) is 11.1 Å². The minimum absolute atomic E-state index is 0.0750. The number of fused-ring (bicyclic) bond motifs is 6. The molecule has 3 aromatic carbocycles. The zero-order valence-electron chi connectivity index (χ0n) is 24.3. The largest absolute Gasteiger partial charge is 0.493 e. The first-order valence-electron chi connectivity index (χ1n) is 15.6. The number of likely N-dealkylation sites (tertiary alicyclic amines) is 1. The van der Waals surface area contributed by atoms with Crippen LogP contribution in [-0.4, -0.2) is 78.0 Å². The molecule has 0 aromatic heterocycles. The Kier molecular flexibility index (Phi) is 7.91. The second-order valence-corrected chi connectivity index (χ2v) is 12.3. The topological polar surface area (TPSA) is 100 Å². The van der Waals surface area contributed by atoms with Crippen LogP contribution in [0.2, 0.25) is 0 Å². The third-order valence-corrected chi connectivity index (χ3v) is 9.56. The smallest absolute Gasteiger partial charge is 0.255 e. The van der Waals surface area contributed by atoms with Gasteiger partial charge in [-0.05, 0) is 66.5 Å². The lowest BCUT2D eigenvalue weighted by Gasteiger charge is -2.35. The van der Waals surface area contributed by atoms with E-state index in [0.29, 0.717) is 50.1 Å². The summed E-state index contributed by atoms with van der Waals surface area (Å²) in [5.41, 5.74) is 5.15. The van der Waals surface area contributed by atoms with Crippen molar-refractivity contribution in [3.63, 3.8) is 0 Å². The van der Waals surface area contributed by atoms with Gasteiger partial charge in [-0.15, -0.1) is 0 Å². The molecule has 3 heterocycles. The lowest BCUT2D eigenvalue weighted by atomic mass is 9.99. The summed E-state index contributed by atoms with van der Waals surface area (Å²) < 4.78 is 12.6. The van der Waals surface area contributed by atoms with Crippen LogP contribution in [0.3, 0.4) is 0 Å². The lowest BCUT2D eigenvalue weighted by Crippen LogP contribution is -2.52. The van der Waals surface area contributed by atoms with E-state index in [0.717, 1.165) is 24.0 Å². The van der Waals surface area contributed by atoms with Crippen molar-refractivity contribution in [2.24, 2.45) is 0 Å². The molecule has 0 radical (unpaired) electrons. The van der Waals surface area contributed by atoms with Crippen LogP contribution in [0.4, 0.5) is 0 Å². The standard InChI is InChI=1S/C35H39N3O5/c39-31-13-11-28-14-15-42-32-18-25(22-6-2-1-3-7-22)10-12-29(32)34(40)37-26-19-30(35(41)36-20-33(31)43-28)38(21-26)27-16-23-8-4-5-9-24(23)17-27/h1-10,12,18,26-28,30-31,33,39H,11,13-17,19-21H2,(H,36,41)(H,37,40)/t26-,28-,30-,31-,33+/m0/s1. The van der Waals surface area contributed by atoms with Gasteiger partial charge in [0, 0.05) is 31.6 Å². The van der Waals surface area contributed by atoms with Gasteiger partial charge in [0.15, 0.2) is 0 Å². The fourth-order valence-corrected chi connectivity index (χ4v) is 7.26. The number of carbonyl (C=O) groups is 2. The molecule has 3 aliphatic heterocycles. The van der Waals surface area contributed by atoms with E-state index >= 15 is 0 Å². The molecule has 1 aliphatic carbocycles. The van der Waals surface area contributed by atoms with Crippen LogP contribution in [0.25, 0.3) is 11.1 Å². The summed E-state index contributed by atoms with van der Waals surface area (Å²) in [4.78, 5) is 29.7. The van der Waals surface area contributed by atoms with Crippen molar-refractivity contribution in [2.75, 3.05) is 19.7 Å². The fourth-order valence-electron chi connectivity index (χ4n) is 7.26. The molecule has 0 saturated carbocycles. The van der Waals surface area contributed by atoms with Gasteiger partial charge in [-0.3, -0.25) is 14.5 Å². The van der Waals surface area contributed by atoms with Crippen molar-refractivity contribution < 1.29 is 24.2 Å². The van der Waals surface area contributed by atoms with Gasteiger partial charge in [-0.1, -0.05) is 60.7 Å². The van der Waals surface area contributed by atoms with Crippen LogP contribution in [0, 0.1) is 0 Å². The van der Waals surface area contributed by atoms with E-state index in [2.05, 4.69) is 39.8 Å². The maximum Gasteiger partial charge on any atom is 0.255 e. The van der Waals surface area contributed by atoms with Crippen LogP contribution in [0.1, 0.15) is 47.2 Å². The highest BCUT2D eigenvalue weighted by Gasteiger charge is 2.43. The summed E-state index contributed by atoms with van der Waals surface area (Å²) in [6.07, 6.45) is 3.03. The Bertz CT molecular complexity index is 1450. The van der Waals surface area contributed by atoms with Gasteiger partial charge in [-0.2, -0.15) is 0 Å². The Morgan fingerprint density at radius 3 is 2.42 bits per heavy atom. The van der Waals surface area contributed by atoms with Crippen molar-refractivity contribution in [3.05, 3.63) is 89.5 Å². The van der Waals surface area contributed by atoms with Gasteiger partial charge in [0.05, 0.1) is 30.4 Å². The Labute approximate surface area is 252 Å². The third-order valence-electron chi connectivity index (χ3n) is 9.56. The maximum absolute atomic E-state index is 13.8. The molecular formula is C35H39N3O5. The van der Waals surface area contributed by atoms with Gasteiger partial charge >= 0.3 is 0 Å². The second kappa shape index (κ2) is 12.1. The number of hydrogen-bond acceptors (Lipinski definition) is 6. The molecule has 224 valence electrons. The van der Waals surface area contributed by atoms with E-state index in [1.54, 1.807) is 0 Å². The number of nitrogens with zero attached hydrogens (tertiary/aromatic N) is 1. The summed E-state index contributed by atoms with van der Waals surface area (Å²) in [6, 6.07) is 23.9. The van der Waals surface area contributed by atoms with Crippen LogP contribution in [0.15, 0.2) is 72.8 Å². The number of aliphatic hydroxyl groups excluding tert-OH is 1. The molecule has 8 heteroatoms. The molecule has 7 rings (SSSR count). The summed E-state index contributed by atoms with van der Waals surface area (Å²) in [7, 11) is 0. The number of ether oxygens (including phenoxy) is 2. The summed E-state index contributed by atoms with van der Waals surface area (Å²) >= 11 is 0. The van der Waals surface area contributed by atoms with E-state index in [4.69, 9.17) is 9.47 Å². The first-order valence-corrected chi connectivity index (χ1v) is 15.6. The predicted molar refractivity (Wildman–Crippen MR) is 163 cm³/mol. The Morgan fingerprint density at radius 1 is 0.860 bits per heavy atom. The molecule has 5 atom stereocenters. The maximum atomic E-state index is 13.8. The first kappa shape index (κ1) is 28.1. The molecule has 3 aromatic rings. The minimum atomic E-state index is -0.624. The Morgan fingerprint density at radius 2 is 1.63 bits per heavy atom. The molecule has 4 aliphatic rings. The van der Waals surface area contributed by atoms with Crippen LogP contribution < -0.4 is 15.4 Å². The normalized spacial score (nSPS) is 28.3. The average Bonchev–Trinajstić information content (AvgIpc) is 3.65. The molecule has 0 unspecified atom stereocenters. The number of rotatable bonds is 2.